The molecular formula is C5H8N4O3. The van der Waals surface area contributed by atoms with E-state index in [1.165, 1.54) is 0 Å². The molecule has 0 fully saturated rings. The van der Waals surface area contributed by atoms with Gasteiger partial charge in [0.25, 0.3) is 0 Å². The molecule has 0 saturated heterocycles. The number of Topliss-reactive ketones (excluding diaryl/α,β-unsaturated/α-hetero) is 1. The number of carbonyl (C=O) groups is 2. The van der Waals surface area contributed by atoms with E-state index in [9.17, 15) is 9.59 Å². The number of carboxylic acids is 1. The lowest BCUT2D eigenvalue weighted by Gasteiger charge is -1.93. The van der Waals surface area contributed by atoms with Crippen LogP contribution in [0.5, 0.6) is 0 Å². The largest absolute Gasteiger partial charge is 0.481 e. The van der Waals surface area contributed by atoms with E-state index in [-0.39, 0.29) is 25.2 Å². The standard InChI is InChI=1S/C5H8N4O3/c6-8-9-7-3-4(10)1-2-5(11)12/h7H,1-3H2,(H,11,12). The van der Waals surface area contributed by atoms with E-state index < -0.39 is 5.97 Å². The third kappa shape index (κ3) is 6.37. The van der Waals surface area contributed by atoms with Crippen LogP contribution in [-0.4, -0.2) is 23.4 Å². The summed E-state index contributed by atoms with van der Waals surface area (Å²) in [5.41, 5.74) is 9.91. The molecule has 0 heterocycles. The van der Waals surface area contributed by atoms with E-state index in [1.807, 2.05) is 0 Å². The van der Waals surface area contributed by atoms with Crippen molar-refractivity contribution in [1.29, 1.82) is 0 Å². The molecule has 0 aromatic rings. The van der Waals surface area contributed by atoms with E-state index in [2.05, 4.69) is 15.6 Å². The predicted octanol–water partition coefficient (Wildman–Crippen LogP) is 0.235. The Balaban J connectivity index is 3.46. The van der Waals surface area contributed by atoms with Gasteiger partial charge in [-0.3, -0.25) is 15.0 Å². The fourth-order valence-electron chi connectivity index (χ4n) is 0.490. The van der Waals surface area contributed by atoms with Crippen LogP contribution in [-0.2, 0) is 9.59 Å². The van der Waals surface area contributed by atoms with Crippen LogP contribution in [0, 0.1) is 0 Å². The Morgan fingerprint density at radius 3 is 2.67 bits per heavy atom. The van der Waals surface area contributed by atoms with Gasteiger partial charge in [-0.1, -0.05) is 0 Å². The Morgan fingerprint density at radius 2 is 2.17 bits per heavy atom. The highest BCUT2D eigenvalue weighted by molar-refractivity contribution is 5.83. The second-order valence-electron chi connectivity index (χ2n) is 1.96. The van der Waals surface area contributed by atoms with Gasteiger partial charge in [-0.15, -0.1) is 5.53 Å². The highest BCUT2D eigenvalue weighted by Gasteiger charge is 2.05. The lowest BCUT2D eigenvalue weighted by Crippen LogP contribution is -2.17. The Labute approximate surface area is 68.0 Å². The van der Waals surface area contributed by atoms with Gasteiger partial charge in [0.15, 0.2) is 5.78 Å². The first-order chi connectivity index (χ1) is 5.66. The lowest BCUT2D eigenvalue weighted by atomic mass is 10.2. The number of ketones is 1. The number of azide groups is 1. The van der Waals surface area contributed by atoms with Gasteiger partial charge < -0.3 is 5.11 Å². The van der Waals surface area contributed by atoms with Crippen LogP contribution < -0.4 is 5.43 Å². The number of carbonyl (C=O) groups excluding carboxylic acids is 1. The van der Waals surface area contributed by atoms with Crippen molar-refractivity contribution in [3.8, 4) is 0 Å². The highest BCUT2D eigenvalue weighted by atomic mass is 16.4. The number of aliphatic carboxylic acids is 1. The van der Waals surface area contributed by atoms with Crippen LogP contribution in [0.15, 0.2) is 5.22 Å². The molecule has 7 nitrogen and oxygen atoms in total. The minimum Gasteiger partial charge on any atom is -0.481 e. The molecule has 0 aromatic heterocycles. The molecule has 0 unspecified atom stereocenters. The molecule has 0 aliphatic carbocycles. The summed E-state index contributed by atoms with van der Waals surface area (Å²) in [6.45, 7) is -0.128. The molecule has 66 valence electrons. The molecule has 0 atom stereocenters. The molecule has 0 saturated carbocycles. The number of nitrogens with one attached hydrogen (secondary N) is 1. The summed E-state index contributed by atoms with van der Waals surface area (Å²) in [6, 6.07) is 0. The van der Waals surface area contributed by atoms with Crippen molar-refractivity contribution in [1.82, 2.24) is 5.43 Å². The van der Waals surface area contributed by atoms with E-state index in [0.717, 1.165) is 0 Å². The summed E-state index contributed by atoms with van der Waals surface area (Å²) in [5.74, 6) is -1.32. The third-order valence-corrected chi connectivity index (χ3v) is 1.01. The maximum Gasteiger partial charge on any atom is 0.303 e. The fourth-order valence-corrected chi connectivity index (χ4v) is 0.490. The van der Waals surface area contributed by atoms with Gasteiger partial charge in [0, 0.05) is 6.42 Å². The Hall–Kier alpha value is -1.75. The molecular weight excluding hydrogens is 164 g/mol. The van der Waals surface area contributed by atoms with E-state index in [0.29, 0.717) is 0 Å². The molecule has 0 radical (unpaired) electrons. The second kappa shape index (κ2) is 5.99. The fraction of sp³-hybridized carbons (Fsp3) is 0.600. The molecule has 0 aromatic carbocycles. The average molecular weight is 172 g/mol. The van der Waals surface area contributed by atoms with Gasteiger partial charge in [-0.2, -0.15) is 4.91 Å². The molecule has 2 N–H and O–H groups in total. The lowest BCUT2D eigenvalue weighted by molar-refractivity contribution is -0.138. The van der Waals surface area contributed by atoms with E-state index in [4.69, 9.17) is 10.6 Å². The molecule has 0 bridgehead atoms. The number of hydrogen-bond acceptors (Lipinski definition) is 3. The first-order valence-corrected chi connectivity index (χ1v) is 3.17. The van der Waals surface area contributed by atoms with Crippen LogP contribution in [0.4, 0.5) is 0 Å². The number of nitrogens with zero attached hydrogens (tertiary/aromatic N) is 3. The zero-order chi connectivity index (χ0) is 9.40. The maximum absolute atomic E-state index is 10.7. The van der Waals surface area contributed by atoms with E-state index >= 15 is 0 Å². The van der Waals surface area contributed by atoms with Crippen LogP contribution >= 0.6 is 0 Å². The van der Waals surface area contributed by atoms with Crippen LogP contribution in [0.25, 0.3) is 10.4 Å². The monoisotopic (exact) mass is 172 g/mol. The summed E-state index contributed by atoms with van der Waals surface area (Å²) in [6.07, 6.45) is -0.250. The molecule has 0 rings (SSSR count). The quantitative estimate of drug-likeness (QED) is 0.258. The SMILES string of the molecule is [N-]=[N+]=NNCC(=O)CCC(=O)O. The minimum atomic E-state index is -1.02. The first kappa shape index (κ1) is 10.2. The third-order valence-electron chi connectivity index (χ3n) is 1.01. The molecule has 0 aliphatic heterocycles. The topological polar surface area (TPSA) is 115 Å². The summed E-state index contributed by atoms with van der Waals surface area (Å²) in [4.78, 5) is 23.0. The Bertz CT molecular complexity index is 213. The number of rotatable bonds is 6. The van der Waals surface area contributed by atoms with Crippen molar-refractivity contribution in [3.05, 3.63) is 10.4 Å². The number of hydrogen-bond donors (Lipinski definition) is 2. The van der Waals surface area contributed by atoms with Crippen molar-refractivity contribution in [2.24, 2.45) is 5.22 Å². The first-order valence-electron chi connectivity index (χ1n) is 3.17. The van der Waals surface area contributed by atoms with Crippen molar-refractivity contribution in [2.75, 3.05) is 6.54 Å². The zero-order valence-corrected chi connectivity index (χ0v) is 6.23. The normalized spacial score (nSPS) is 8.33. The smallest absolute Gasteiger partial charge is 0.303 e. The van der Waals surface area contributed by atoms with E-state index in [1.54, 1.807) is 0 Å². The van der Waals surface area contributed by atoms with Gasteiger partial charge >= 0.3 is 5.97 Å². The van der Waals surface area contributed by atoms with Gasteiger partial charge in [-0.05, 0) is 5.22 Å². The molecule has 7 heteroatoms. The summed E-state index contributed by atoms with van der Waals surface area (Å²) >= 11 is 0. The summed E-state index contributed by atoms with van der Waals surface area (Å²) in [5, 5.41) is 11.1. The van der Waals surface area contributed by atoms with Gasteiger partial charge in [-0.25, -0.2) is 0 Å². The second-order valence-corrected chi connectivity index (χ2v) is 1.96. The summed E-state index contributed by atoms with van der Waals surface area (Å²) < 4.78 is 0. The summed E-state index contributed by atoms with van der Waals surface area (Å²) in [7, 11) is 0. The van der Waals surface area contributed by atoms with Gasteiger partial charge in [0.1, 0.15) is 6.54 Å². The van der Waals surface area contributed by atoms with Crippen LogP contribution in [0.2, 0.25) is 0 Å². The zero-order valence-electron chi connectivity index (χ0n) is 6.23. The minimum absolute atomic E-state index is 0.0523. The van der Waals surface area contributed by atoms with Gasteiger partial charge in [0.05, 0.1) is 6.42 Å². The molecule has 0 amide bonds. The van der Waals surface area contributed by atoms with Crippen LogP contribution in [0.1, 0.15) is 12.8 Å². The highest BCUT2D eigenvalue weighted by Crippen LogP contribution is 1.89. The van der Waals surface area contributed by atoms with Crippen molar-refractivity contribution >= 4 is 11.8 Å². The predicted molar refractivity (Wildman–Crippen MR) is 39.0 cm³/mol. The Morgan fingerprint density at radius 1 is 1.50 bits per heavy atom. The average Bonchev–Trinajstić information content (AvgIpc) is 2.01. The van der Waals surface area contributed by atoms with Crippen molar-refractivity contribution in [3.63, 3.8) is 0 Å². The van der Waals surface area contributed by atoms with Crippen LogP contribution in [0.3, 0.4) is 0 Å². The van der Waals surface area contributed by atoms with Gasteiger partial charge in [0.2, 0.25) is 0 Å². The van der Waals surface area contributed by atoms with Crippen molar-refractivity contribution in [2.45, 2.75) is 12.8 Å². The molecule has 0 spiro atoms. The maximum atomic E-state index is 10.7. The van der Waals surface area contributed by atoms with Crippen molar-refractivity contribution < 1.29 is 14.7 Å². The number of carboxylic acid groups (broad SMARTS) is 1. The Kier molecular flexibility index (Phi) is 5.12. The molecule has 0 aliphatic rings. The molecule has 12 heavy (non-hydrogen) atoms.